The van der Waals surface area contributed by atoms with Crippen molar-refractivity contribution < 1.29 is 19.4 Å². The maximum Gasteiger partial charge on any atom is 0.330 e. The summed E-state index contributed by atoms with van der Waals surface area (Å²) in [5.41, 5.74) is -2.01. The Kier molecular flexibility index (Phi) is 4.33. The van der Waals surface area contributed by atoms with Crippen molar-refractivity contribution in [2.75, 3.05) is 6.61 Å². The summed E-state index contributed by atoms with van der Waals surface area (Å²) in [7, 11) is 0. The van der Waals surface area contributed by atoms with Crippen LogP contribution >= 0.6 is 22.9 Å². The van der Waals surface area contributed by atoms with Gasteiger partial charge in [-0.25, -0.2) is 4.79 Å². The molecular weight excluding hydrogens is 314 g/mol. The largest absolute Gasteiger partial charge is 0.479 e. The van der Waals surface area contributed by atoms with Crippen molar-refractivity contribution in [3.63, 3.8) is 0 Å². The second-order valence-corrected chi connectivity index (χ2v) is 7.35. The Bertz CT molecular complexity index is 571. The molecule has 1 fully saturated rings. The highest BCUT2D eigenvalue weighted by molar-refractivity contribution is 7.18. The molecule has 1 aliphatic rings. The van der Waals surface area contributed by atoms with Crippen molar-refractivity contribution >= 4 is 34.8 Å². The van der Waals surface area contributed by atoms with Crippen molar-refractivity contribution in [1.82, 2.24) is 5.32 Å². The van der Waals surface area contributed by atoms with Gasteiger partial charge in [-0.15, -0.1) is 11.3 Å². The Balaban J connectivity index is 2.22. The first kappa shape index (κ1) is 16.3. The molecule has 5 nitrogen and oxygen atoms in total. The smallest absolute Gasteiger partial charge is 0.330 e. The first-order valence-corrected chi connectivity index (χ1v) is 7.87. The maximum atomic E-state index is 12.3. The number of halogens is 1. The topological polar surface area (TPSA) is 75.6 Å². The monoisotopic (exact) mass is 331 g/mol. The Morgan fingerprint density at radius 3 is 2.62 bits per heavy atom. The Labute approximate surface area is 132 Å². The van der Waals surface area contributed by atoms with Gasteiger partial charge in [-0.2, -0.15) is 0 Å². The van der Waals surface area contributed by atoms with E-state index in [0.29, 0.717) is 15.8 Å². The van der Waals surface area contributed by atoms with Crippen LogP contribution in [0.5, 0.6) is 0 Å². The highest BCUT2D eigenvalue weighted by atomic mass is 35.5. The van der Waals surface area contributed by atoms with Gasteiger partial charge in [0.1, 0.15) is 5.54 Å². The number of carboxylic acids is 1. The van der Waals surface area contributed by atoms with E-state index in [1.54, 1.807) is 26.0 Å². The van der Waals surface area contributed by atoms with Crippen LogP contribution in [0.2, 0.25) is 4.34 Å². The third-order valence-corrected chi connectivity index (χ3v) is 5.48. The van der Waals surface area contributed by atoms with E-state index < -0.39 is 22.8 Å². The molecule has 0 spiro atoms. The zero-order chi connectivity index (χ0) is 15.8. The molecule has 116 valence electrons. The Morgan fingerprint density at radius 1 is 1.52 bits per heavy atom. The molecule has 2 atom stereocenters. The van der Waals surface area contributed by atoms with E-state index in [0.717, 1.165) is 11.3 Å². The normalized spacial score (nSPS) is 27.0. The minimum atomic E-state index is -1.32. The lowest BCUT2D eigenvalue weighted by Gasteiger charge is -2.58. The highest BCUT2D eigenvalue weighted by Gasteiger charge is 2.66. The number of aliphatic carboxylic acids is 1. The summed E-state index contributed by atoms with van der Waals surface area (Å²) >= 11 is 6.93. The van der Waals surface area contributed by atoms with Crippen LogP contribution in [0.3, 0.4) is 0 Å². The van der Waals surface area contributed by atoms with E-state index in [4.69, 9.17) is 16.3 Å². The first-order valence-electron chi connectivity index (χ1n) is 6.67. The standard InChI is InChI=1S/C14H18ClNO4S/c1-4-20-9-7-14(12(18)19,13(9,2)3)16-11(17)8-5-6-10(15)21-8/h5-6,9H,4,7H2,1-3H3,(H,16,17)(H,18,19)/t9-,14-/m0/s1. The van der Waals surface area contributed by atoms with E-state index in [1.807, 2.05) is 6.92 Å². The van der Waals surface area contributed by atoms with Crippen molar-refractivity contribution in [1.29, 1.82) is 0 Å². The fourth-order valence-electron chi connectivity index (χ4n) is 2.73. The number of carbonyl (C=O) groups excluding carboxylic acids is 1. The van der Waals surface area contributed by atoms with Crippen LogP contribution in [0.1, 0.15) is 36.9 Å². The number of carboxylic acid groups (broad SMARTS) is 1. The lowest BCUT2D eigenvalue weighted by Crippen LogP contribution is -2.76. The molecule has 1 amide bonds. The van der Waals surface area contributed by atoms with E-state index in [9.17, 15) is 14.7 Å². The van der Waals surface area contributed by atoms with Crippen LogP contribution in [0.4, 0.5) is 0 Å². The quantitative estimate of drug-likeness (QED) is 0.870. The summed E-state index contributed by atoms with van der Waals surface area (Å²) in [6.45, 7) is 5.97. The molecule has 1 heterocycles. The summed E-state index contributed by atoms with van der Waals surface area (Å²) in [6.07, 6.45) is 0.0689. The average molecular weight is 332 g/mol. The Hall–Kier alpha value is -1.11. The van der Waals surface area contributed by atoms with Crippen molar-refractivity contribution in [3.05, 3.63) is 21.3 Å². The molecule has 0 bridgehead atoms. The molecule has 1 aliphatic carbocycles. The summed E-state index contributed by atoms with van der Waals surface area (Å²) in [5.74, 6) is -1.46. The van der Waals surface area contributed by atoms with Gasteiger partial charge >= 0.3 is 5.97 Å². The molecule has 1 saturated carbocycles. The van der Waals surface area contributed by atoms with Gasteiger partial charge in [0.25, 0.3) is 5.91 Å². The molecule has 0 unspecified atom stereocenters. The number of amides is 1. The van der Waals surface area contributed by atoms with Crippen molar-refractivity contribution in [2.24, 2.45) is 5.41 Å². The minimum absolute atomic E-state index is 0.189. The van der Waals surface area contributed by atoms with Crippen LogP contribution in [-0.4, -0.2) is 35.2 Å². The maximum absolute atomic E-state index is 12.3. The van der Waals surface area contributed by atoms with Crippen LogP contribution in [0.25, 0.3) is 0 Å². The summed E-state index contributed by atoms with van der Waals surface area (Å²) in [6, 6.07) is 3.20. The molecule has 1 aromatic heterocycles. The molecule has 1 aromatic rings. The Morgan fingerprint density at radius 2 is 2.19 bits per heavy atom. The van der Waals surface area contributed by atoms with Crippen LogP contribution in [0.15, 0.2) is 12.1 Å². The molecule has 0 radical (unpaired) electrons. The first-order chi connectivity index (χ1) is 9.74. The summed E-state index contributed by atoms with van der Waals surface area (Å²) in [5, 5.41) is 12.3. The molecule has 2 N–H and O–H groups in total. The van der Waals surface area contributed by atoms with Gasteiger partial charge in [0, 0.05) is 18.4 Å². The third-order valence-electron chi connectivity index (χ3n) is 4.25. The van der Waals surface area contributed by atoms with Crippen LogP contribution in [0, 0.1) is 5.41 Å². The van der Waals surface area contributed by atoms with E-state index in [2.05, 4.69) is 5.32 Å². The molecule has 0 aliphatic heterocycles. The molecule has 0 saturated heterocycles. The van der Waals surface area contributed by atoms with Gasteiger partial charge in [0.05, 0.1) is 15.3 Å². The van der Waals surface area contributed by atoms with E-state index in [1.165, 1.54) is 0 Å². The molecule has 2 rings (SSSR count). The lowest BCUT2D eigenvalue weighted by molar-refractivity contribution is -0.190. The van der Waals surface area contributed by atoms with Gasteiger partial charge in [-0.1, -0.05) is 25.4 Å². The number of rotatable bonds is 5. The predicted octanol–water partition coefficient (Wildman–Crippen LogP) is 2.79. The average Bonchev–Trinajstić information content (AvgIpc) is 2.83. The number of carbonyl (C=O) groups is 2. The third kappa shape index (κ3) is 2.56. The van der Waals surface area contributed by atoms with Gasteiger partial charge in [0.2, 0.25) is 0 Å². The fraction of sp³-hybridized carbons (Fsp3) is 0.571. The number of hydrogen-bond acceptors (Lipinski definition) is 4. The summed E-state index contributed by atoms with van der Waals surface area (Å²) < 4.78 is 6.05. The highest BCUT2D eigenvalue weighted by Crippen LogP contribution is 2.51. The zero-order valence-corrected chi connectivity index (χ0v) is 13.7. The predicted molar refractivity (Wildman–Crippen MR) is 81.0 cm³/mol. The van der Waals surface area contributed by atoms with Crippen molar-refractivity contribution in [2.45, 2.75) is 38.8 Å². The zero-order valence-electron chi connectivity index (χ0n) is 12.1. The van der Waals surface area contributed by atoms with Gasteiger partial charge < -0.3 is 15.2 Å². The van der Waals surface area contributed by atoms with Gasteiger partial charge in [-0.3, -0.25) is 4.79 Å². The van der Waals surface area contributed by atoms with Gasteiger partial charge in [-0.05, 0) is 19.1 Å². The number of hydrogen-bond donors (Lipinski definition) is 2. The minimum Gasteiger partial charge on any atom is -0.479 e. The van der Waals surface area contributed by atoms with E-state index in [-0.39, 0.29) is 12.5 Å². The second-order valence-electron chi connectivity index (χ2n) is 5.64. The molecular formula is C14H18ClNO4S. The number of nitrogens with one attached hydrogen (secondary N) is 1. The van der Waals surface area contributed by atoms with Gasteiger partial charge in [0.15, 0.2) is 0 Å². The number of thiophene rings is 1. The summed E-state index contributed by atoms with van der Waals surface area (Å²) in [4.78, 5) is 24.4. The second kappa shape index (κ2) is 5.59. The lowest BCUT2D eigenvalue weighted by atomic mass is 9.54. The van der Waals surface area contributed by atoms with Crippen LogP contribution in [-0.2, 0) is 9.53 Å². The SMILES string of the molecule is CCO[C@H]1C[C@](NC(=O)c2ccc(Cl)s2)(C(=O)O)C1(C)C. The molecule has 7 heteroatoms. The van der Waals surface area contributed by atoms with E-state index >= 15 is 0 Å². The molecule has 0 aromatic carbocycles. The van der Waals surface area contributed by atoms with Crippen LogP contribution < -0.4 is 5.32 Å². The molecule has 21 heavy (non-hydrogen) atoms. The number of ether oxygens (including phenoxy) is 1. The van der Waals surface area contributed by atoms with Crippen molar-refractivity contribution in [3.8, 4) is 0 Å². The fourth-order valence-corrected chi connectivity index (χ4v) is 3.67.